The van der Waals surface area contributed by atoms with E-state index < -0.39 is 0 Å². The van der Waals surface area contributed by atoms with Gasteiger partial charge in [-0.1, -0.05) is 19.4 Å². The molecule has 0 unspecified atom stereocenters. The summed E-state index contributed by atoms with van der Waals surface area (Å²) in [5.41, 5.74) is 3.71. The van der Waals surface area contributed by atoms with Crippen molar-refractivity contribution in [2.45, 2.75) is 39.0 Å². The average molecular weight is 327 g/mol. The summed E-state index contributed by atoms with van der Waals surface area (Å²) in [5.74, 6) is 0.966. The Morgan fingerprint density at radius 2 is 2.17 bits per heavy atom. The van der Waals surface area contributed by atoms with Gasteiger partial charge in [0.2, 0.25) is 5.71 Å². The summed E-state index contributed by atoms with van der Waals surface area (Å²) in [6, 6.07) is 9.49. The van der Waals surface area contributed by atoms with E-state index in [4.69, 9.17) is 10.1 Å². The number of amidine groups is 1. The normalized spacial score (nSPS) is 14.8. The molecule has 1 aliphatic rings. The minimum atomic E-state index is 0.106. The van der Waals surface area contributed by atoms with E-state index in [-0.39, 0.29) is 11.5 Å². The maximum atomic E-state index is 9.29. The van der Waals surface area contributed by atoms with Gasteiger partial charge in [-0.05, 0) is 37.8 Å². The molecule has 0 bridgehead atoms. The van der Waals surface area contributed by atoms with E-state index in [0.717, 1.165) is 50.2 Å². The quantitative estimate of drug-likeness (QED) is 0.347. The van der Waals surface area contributed by atoms with E-state index >= 15 is 0 Å². The fourth-order valence-corrected chi connectivity index (χ4v) is 2.51. The van der Waals surface area contributed by atoms with Crippen LogP contribution in [-0.4, -0.2) is 36.1 Å². The number of hydrazone groups is 1. The summed E-state index contributed by atoms with van der Waals surface area (Å²) in [5, 5.41) is 21.6. The van der Waals surface area contributed by atoms with Crippen LogP contribution >= 0.6 is 0 Å². The number of benzene rings is 1. The highest BCUT2D eigenvalue weighted by atomic mass is 16.5. The molecule has 0 aromatic heterocycles. The molecule has 6 heteroatoms. The Kier molecular flexibility index (Phi) is 7.09. The van der Waals surface area contributed by atoms with E-state index in [1.54, 1.807) is 0 Å². The zero-order chi connectivity index (χ0) is 17.2. The zero-order valence-electron chi connectivity index (χ0n) is 14.2. The number of likely N-dealkylation sites (tertiary alicyclic amines) is 1. The lowest BCUT2D eigenvalue weighted by atomic mass is 10.1. The number of nitrogens with zero attached hydrogens (tertiary/aromatic N) is 3. The second kappa shape index (κ2) is 9.56. The fourth-order valence-electron chi connectivity index (χ4n) is 2.51. The first kappa shape index (κ1) is 17.8. The van der Waals surface area contributed by atoms with Crippen LogP contribution < -0.4 is 10.2 Å². The third-order valence-electron chi connectivity index (χ3n) is 3.90. The largest absolute Gasteiger partial charge is 0.494 e. The Morgan fingerprint density at radius 1 is 1.38 bits per heavy atom. The molecule has 1 aliphatic heterocycles. The van der Waals surface area contributed by atoms with E-state index in [9.17, 15) is 5.26 Å². The summed E-state index contributed by atoms with van der Waals surface area (Å²) >= 11 is 0. The van der Waals surface area contributed by atoms with Crippen molar-refractivity contribution in [2.75, 3.05) is 25.1 Å². The number of nitrogens with one attached hydrogen (secondary N) is 2. The number of hydrogen-bond donors (Lipinski definition) is 2. The van der Waals surface area contributed by atoms with Crippen molar-refractivity contribution >= 4 is 17.2 Å². The molecule has 2 rings (SSSR count). The molecule has 1 fully saturated rings. The third kappa shape index (κ3) is 5.27. The van der Waals surface area contributed by atoms with Gasteiger partial charge in [0.05, 0.1) is 12.3 Å². The molecule has 0 aliphatic carbocycles. The minimum Gasteiger partial charge on any atom is -0.494 e. The van der Waals surface area contributed by atoms with Crippen molar-refractivity contribution in [1.29, 1.82) is 10.7 Å². The molecule has 0 radical (unpaired) electrons. The van der Waals surface area contributed by atoms with Gasteiger partial charge in [0, 0.05) is 19.2 Å². The standard InChI is InChI=1S/C18H25N5O/c1-2-3-12-24-16-9-7-8-15(13-16)21-22-17(14-19)18(20)23-10-5-4-6-11-23/h7-9,13,20-21H,2-6,10-12H2,1H3/b20-18?,22-17+. The first-order valence-electron chi connectivity index (χ1n) is 8.55. The maximum absolute atomic E-state index is 9.29. The Morgan fingerprint density at radius 3 is 2.88 bits per heavy atom. The second-order valence-corrected chi connectivity index (χ2v) is 5.81. The van der Waals surface area contributed by atoms with Crippen LogP contribution in [0.5, 0.6) is 5.75 Å². The van der Waals surface area contributed by atoms with E-state index in [1.807, 2.05) is 35.2 Å². The molecule has 1 aromatic rings. The Labute approximate surface area is 143 Å². The van der Waals surface area contributed by atoms with Crippen LogP contribution in [0, 0.1) is 16.7 Å². The number of piperidine rings is 1. The molecule has 128 valence electrons. The molecule has 0 amide bonds. The molecule has 1 saturated heterocycles. The summed E-state index contributed by atoms with van der Waals surface area (Å²) in [6.45, 7) is 4.45. The molecule has 0 saturated carbocycles. The van der Waals surface area contributed by atoms with Crippen molar-refractivity contribution in [1.82, 2.24) is 4.90 Å². The van der Waals surface area contributed by atoms with Gasteiger partial charge in [-0.3, -0.25) is 10.8 Å². The van der Waals surface area contributed by atoms with E-state index in [2.05, 4.69) is 17.5 Å². The van der Waals surface area contributed by atoms with Crippen LogP contribution in [0.3, 0.4) is 0 Å². The van der Waals surface area contributed by atoms with Crippen LogP contribution in [0.25, 0.3) is 0 Å². The lowest BCUT2D eigenvalue weighted by Gasteiger charge is -2.27. The Balaban J connectivity index is 1.98. The second-order valence-electron chi connectivity index (χ2n) is 5.81. The van der Waals surface area contributed by atoms with Gasteiger partial charge in [0.25, 0.3) is 0 Å². The first-order valence-corrected chi connectivity index (χ1v) is 8.55. The Bertz CT molecular complexity index is 614. The fraction of sp³-hybridized carbons (Fsp3) is 0.500. The van der Waals surface area contributed by atoms with Gasteiger partial charge < -0.3 is 9.64 Å². The number of ether oxygens (including phenoxy) is 1. The van der Waals surface area contributed by atoms with Gasteiger partial charge in [-0.2, -0.15) is 10.4 Å². The smallest absolute Gasteiger partial charge is 0.202 e. The molecule has 1 heterocycles. The van der Waals surface area contributed by atoms with Gasteiger partial charge >= 0.3 is 0 Å². The van der Waals surface area contributed by atoms with E-state index in [0.29, 0.717) is 6.61 Å². The van der Waals surface area contributed by atoms with Crippen molar-refractivity contribution in [3.05, 3.63) is 24.3 Å². The van der Waals surface area contributed by atoms with Gasteiger partial charge in [0.1, 0.15) is 11.8 Å². The van der Waals surface area contributed by atoms with Crippen molar-refractivity contribution < 1.29 is 4.74 Å². The van der Waals surface area contributed by atoms with Crippen LogP contribution in [0.2, 0.25) is 0 Å². The van der Waals surface area contributed by atoms with Gasteiger partial charge in [-0.25, -0.2) is 0 Å². The maximum Gasteiger partial charge on any atom is 0.202 e. The molecule has 1 aromatic carbocycles. The SMILES string of the molecule is CCCCOc1cccc(N/N=C(\C#N)C(=N)N2CCCCC2)c1. The summed E-state index contributed by atoms with van der Waals surface area (Å²) in [4.78, 5) is 1.91. The van der Waals surface area contributed by atoms with E-state index in [1.165, 1.54) is 6.42 Å². The summed E-state index contributed by atoms with van der Waals surface area (Å²) < 4.78 is 5.66. The molecule has 0 atom stereocenters. The van der Waals surface area contributed by atoms with Gasteiger partial charge in [-0.15, -0.1) is 0 Å². The number of rotatable bonds is 7. The number of anilines is 1. The Hall–Kier alpha value is -2.55. The predicted molar refractivity (Wildman–Crippen MR) is 96.7 cm³/mol. The van der Waals surface area contributed by atoms with Crippen LogP contribution in [-0.2, 0) is 0 Å². The van der Waals surface area contributed by atoms with Crippen molar-refractivity contribution in [3.63, 3.8) is 0 Å². The highest BCUT2D eigenvalue weighted by Crippen LogP contribution is 2.18. The predicted octanol–water partition coefficient (Wildman–Crippen LogP) is 3.62. The molecule has 2 N–H and O–H groups in total. The van der Waals surface area contributed by atoms with Crippen LogP contribution in [0.4, 0.5) is 5.69 Å². The zero-order valence-corrected chi connectivity index (χ0v) is 14.2. The first-order chi connectivity index (χ1) is 11.7. The third-order valence-corrected chi connectivity index (χ3v) is 3.90. The number of unbranched alkanes of at least 4 members (excludes halogenated alkanes) is 1. The minimum absolute atomic E-state index is 0.106. The molecular formula is C18H25N5O. The summed E-state index contributed by atoms with van der Waals surface area (Å²) in [7, 11) is 0. The molecule has 6 nitrogen and oxygen atoms in total. The number of hydrogen-bond acceptors (Lipinski definition) is 5. The van der Waals surface area contributed by atoms with Crippen LogP contribution in [0.15, 0.2) is 29.4 Å². The average Bonchev–Trinajstić information content (AvgIpc) is 2.63. The monoisotopic (exact) mass is 327 g/mol. The highest BCUT2D eigenvalue weighted by molar-refractivity contribution is 6.46. The number of nitriles is 1. The molecule has 0 spiro atoms. The summed E-state index contributed by atoms with van der Waals surface area (Å²) in [6.07, 6.45) is 5.41. The lowest BCUT2D eigenvalue weighted by Crippen LogP contribution is -2.39. The topological polar surface area (TPSA) is 84.5 Å². The van der Waals surface area contributed by atoms with Crippen molar-refractivity contribution in [2.24, 2.45) is 5.10 Å². The van der Waals surface area contributed by atoms with Gasteiger partial charge in [0.15, 0.2) is 5.84 Å². The molecule has 24 heavy (non-hydrogen) atoms. The van der Waals surface area contributed by atoms with Crippen LogP contribution in [0.1, 0.15) is 39.0 Å². The highest BCUT2D eigenvalue weighted by Gasteiger charge is 2.18. The lowest BCUT2D eigenvalue weighted by molar-refractivity contribution is 0.309. The molecular weight excluding hydrogens is 302 g/mol. The van der Waals surface area contributed by atoms with Crippen molar-refractivity contribution in [3.8, 4) is 11.8 Å².